The van der Waals surface area contributed by atoms with Crippen LogP contribution in [0.4, 0.5) is 0 Å². The van der Waals surface area contributed by atoms with Gasteiger partial charge in [-0.1, -0.05) is 23.2 Å². The van der Waals surface area contributed by atoms with E-state index in [4.69, 9.17) is 28.5 Å². The molecule has 0 N–H and O–H groups in total. The summed E-state index contributed by atoms with van der Waals surface area (Å²) in [5, 5.41) is 10.4. The van der Waals surface area contributed by atoms with Crippen molar-refractivity contribution in [2.45, 2.75) is 6.92 Å². The zero-order chi connectivity index (χ0) is 11.9. The lowest BCUT2D eigenvalue weighted by atomic mass is 10.1. The van der Waals surface area contributed by atoms with Gasteiger partial charge in [-0.2, -0.15) is 5.26 Å². The van der Waals surface area contributed by atoms with Crippen LogP contribution in [0.3, 0.4) is 0 Å². The molecule has 0 amide bonds. The number of hydrogen-bond acceptors (Lipinski definition) is 2. The van der Waals surface area contributed by atoms with Crippen molar-refractivity contribution in [1.82, 2.24) is 4.98 Å². The van der Waals surface area contributed by atoms with Gasteiger partial charge in [0.1, 0.15) is 6.07 Å². The number of aryl methyl sites for hydroxylation is 1. The molecule has 0 atom stereocenters. The van der Waals surface area contributed by atoms with Crippen LogP contribution in [0.15, 0.2) is 16.7 Å². The Hall–Kier alpha value is -0.820. The SMILES string of the molecule is Cc1cc(Br)c2ncc(C#N)c(Cl)c2c1Cl. The van der Waals surface area contributed by atoms with E-state index in [9.17, 15) is 0 Å². The van der Waals surface area contributed by atoms with Crippen molar-refractivity contribution in [3.05, 3.63) is 37.9 Å². The monoisotopic (exact) mass is 314 g/mol. The summed E-state index contributed by atoms with van der Waals surface area (Å²) < 4.78 is 0.816. The first kappa shape index (κ1) is 11.7. The maximum absolute atomic E-state index is 8.88. The van der Waals surface area contributed by atoms with Gasteiger partial charge < -0.3 is 0 Å². The summed E-state index contributed by atoms with van der Waals surface area (Å²) >= 11 is 15.7. The minimum absolute atomic E-state index is 0.327. The Morgan fingerprint density at radius 1 is 1.38 bits per heavy atom. The topological polar surface area (TPSA) is 36.7 Å². The number of benzene rings is 1. The van der Waals surface area contributed by atoms with Crippen molar-refractivity contribution in [3.8, 4) is 6.07 Å². The van der Waals surface area contributed by atoms with Crippen LogP contribution >= 0.6 is 39.1 Å². The van der Waals surface area contributed by atoms with Gasteiger partial charge in [0.25, 0.3) is 0 Å². The molecule has 1 heterocycles. The molecule has 0 aliphatic carbocycles. The van der Waals surface area contributed by atoms with Crippen LogP contribution in [-0.2, 0) is 0 Å². The minimum Gasteiger partial charge on any atom is -0.254 e. The van der Waals surface area contributed by atoms with E-state index >= 15 is 0 Å². The number of hydrogen-bond donors (Lipinski definition) is 0. The maximum atomic E-state index is 8.88. The highest BCUT2D eigenvalue weighted by atomic mass is 79.9. The second-order valence-corrected chi connectivity index (χ2v) is 4.92. The highest BCUT2D eigenvalue weighted by Gasteiger charge is 2.14. The van der Waals surface area contributed by atoms with Gasteiger partial charge in [0, 0.05) is 16.1 Å². The average Bonchev–Trinajstić information content (AvgIpc) is 2.26. The zero-order valence-corrected chi connectivity index (χ0v) is 11.3. The summed E-state index contributed by atoms with van der Waals surface area (Å²) in [7, 11) is 0. The molecule has 0 saturated carbocycles. The van der Waals surface area contributed by atoms with Crippen molar-refractivity contribution in [2.75, 3.05) is 0 Å². The van der Waals surface area contributed by atoms with Crippen LogP contribution in [0.5, 0.6) is 0 Å². The number of fused-ring (bicyclic) bond motifs is 1. The van der Waals surface area contributed by atoms with Crippen molar-refractivity contribution < 1.29 is 0 Å². The van der Waals surface area contributed by atoms with Gasteiger partial charge in [-0.05, 0) is 34.5 Å². The second-order valence-electron chi connectivity index (χ2n) is 3.31. The lowest BCUT2D eigenvalue weighted by Crippen LogP contribution is -1.89. The van der Waals surface area contributed by atoms with Gasteiger partial charge in [-0.15, -0.1) is 0 Å². The molecule has 5 heteroatoms. The second kappa shape index (κ2) is 4.21. The number of rotatable bonds is 0. The summed E-state index contributed by atoms with van der Waals surface area (Å²) in [6.07, 6.45) is 1.45. The Balaban J connectivity index is 3.04. The lowest BCUT2D eigenvalue weighted by molar-refractivity contribution is 1.35. The average molecular weight is 316 g/mol. The summed E-state index contributed by atoms with van der Waals surface area (Å²) in [5.74, 6) is 0. The third kappa shape index (κ3) is 1.67. The number of nitriles is 1. The first-order valence-electron chi connectivity index (χ1n) is 4.39. The molecule has 0 spiro atoms. The van der Waals surface area contributed by atoms with Gasteiger partial charge in [0.05, 0.1) is 21.1 Å². The van der Waals surface area contributed by atoms with E-state index < -0.39 is 0 Å². The fraction of sp³-hybridized carbons (Fsp3) is 0.0909. The molecule has 0 aliphatic heterocycles. The first-order valence-corrected chi connectivity index (χ1v) is 5.94. The fourth-order valence-electron chi connectivity index (χ4n) is 1.47. The van der Waals surface area contributed by atoms with E-state index in [0.29, 0.717) is 26.5 Å². The number of halogens is 3. The largest absolute Gasteiger partial charge is 0.254 e. The molecule has 0 bridgehead atoms. The van der Waals surface area contributed by atoms with Gasteiger partial charge >= 0.3 is 0 Å². The summed E-state index contributed by atoms with van der Waals surface area (Å²) in [4.78, 5) is 4.18. The molecule has 0 fully saturated rings. The van der Waals surface area contributed by atoms with E-state index in [-0.39, 0.29) is 0 Å². The van der Waals surface area contributed by atoms with Crippen LogP contribution in [0.2, 0.25) is 10.0 Å². The van der Waals surface area contributed by atoms with Crippen molar-refractivity contribution in [1.29, 1.82) is 5.26 Å². The maximum Gasteiger partial charge on any atom is 0.102 e. The molecular formula is C11H5BrCl2N2. The molecule has 0 saturated heterocycles. The molecule has 2 aromatic rings. The van der Waals surface area contributed by atoms with Crippen molar-refractivity contribution >= 4 is 50.0 Å². The molecule has 1 aromatic carbocycles. The van der Waals surface area contributed by atoms with Gasteiger partial charge in [0.15, 0.2) is 0 Å². The quantitative estimate of drug-likeness (QED) is 0.718. The van der Waals surface area contributed by atoms with E-state index in [1.807, 2.05) is 19.1 Å². The number of pyridine rings is 1. The Kier molecular flexibility index (Phi) is 3.07. The third-order valence-corrected chi connectivity index (χ3v) is 3.76. The predicted molar refractivity (Wildman–Crippen MR) is 68.9 cm³/mol. The van der Waals surface area contributed by atoms with Gasteiger partial charge in [-0.25, -0.2) is 0 Å². The van der Waals surface area contributed by atoms with E-state index in [2.05, 4.69) is 20.9 Å². The summed E-state index contributed by atoms with van der Waals surface area (Å²) in [6, 6.07) is 3.86. The van der Waals surface area contributed by atoms with Gasteiger partial charge in [-0.3, -0.25) is 4.98 Å². The van der Waals surface area contributed by atoms with Crippen LogP contribution in [0, 0.1) is 18.3 Å². The van der Waals surface area contributed by atoms with Crippen LogP contribution < -0.4 is 0 Å². The van der Waals surface area contributed by atoms with Crippen LogP contribution in [-0.4, -0.2) is 4.98 Å². The predicted octanol–water partition coefficient (Wildman–Crippen LogP) is 4.48. The Morgan fingerprint density at radius 3 is 2.69 bits per heavy atom. The molecule has 2 rings (SSSR count). The highest BCUT2D eigenvalue weighted by molar-refractivity contribution is 9.10. The number of nitrogens with zero attached hydrogens (tertiary/aromatic N) is 2. The van der Waals surface area contributed by atoms with Crippen LogP contribution in [0.1, 0.15) is 11.1 Å². The molecule has 0 radical (unpaired) electrons. The molecule has 80 valence electrons. The smallest absolute Gasteiger partial charge is 0.102 e. The first-order chi connectivity index (χ1) is 7.56. The highest BCUT2D eigenvalue weighted by Crippen LogP contribution is 2.37. The Labute approximate surface area is 111 Å². The third-order valence-electron chi connectivity index (χ3n) is 2.27. The Bertz CT molecular complexity index is 632. The fourth-order valence-corrected chi connectivity index (χ4v) is 2.67. The minimum atomic E-state index is 0.327. The normalized spacial score (nSPS) is 10.4. The summed E-state index contributed by atoms with van der Waals surface area (Å²) in [6.45, 7) is 1.88. The van der Waals surface area contributed by atoms with E-state index in [0.717, 1.165) is 10.0 Å². The molecular weight excluding hydrogens is 311 g/mol. The van der Waals surface area contributed by atoms with Crippen LogP contribution in [0.25, 0.3) is 10.9 Å². The zero-order valence-electron chi connectivity index (χ0n) is 8.18. The molecule has 0 aliphatic rings. The Morgan fingerprint density at radius 2 is 2.06 bits per heavy atom. The molecule has 0 unspecified atom stereocenters. The van der Waals surface area contributed by atoms with E-state index in [1.165, 1.54) is 6.20 Å². The standard InChI is InChI=1S/C11H5BrCl2N2/c1-5-2-7(12)11-8(9(5)13)10(14)6(3-15)4-16-11/h2,4H,1H3. The molecule has 1 aromatic heterocycles. The lowest BCUT2D eigenvalue weighted by Gasteiger charge is -2.08. The number of aromatic nitrogens is 1. The van der Waals surface area contributed by atoms with Crippen molar-refractivity contribution in [3.63, 3.8) is 0 Å². The van der Waals surface area contributed by atoms with Gasteiger partial charge in [0.2, 0.25) is 0 Å². The molecule has 16 heavy (non-hydrogen) atoms. The summed E-state index contributed by atoms with van der Waals surface area (Å²) in [5.41, 5.74) is 1.88. The van der Waals surface area contributed by atoms with E-state index in [1.54, 1.807) is 0 Å². The van der Waals surface area contributed by atoms with Crippen molar-refractivity contribution in [2.24, 2.45) is 0 Å². The molecule has 2 nitrogen and oxygen atoms in total.